The van der Waals surface area contributed by atoms with Crippen LogP contribution in [0.2, 0.25) is 0 Å². The van der Waals surface area contributed by atoms with Gasteiger partial charge in [-0.3, -0.25) is 4.79 Å². The number of benzene rings is 2. The molecule has 2 amide bonds. The minimum atomic E-state index is -1.81. The molecule has 3 unspecified atom stereocenters. The number of hydrogen-bond acceptors (Lipinski definition) is 4. The van der Waals surface area contributed by atoms with E-state index in [2.05, 4.69) is 10.3 Å². The van der Waals surface area contributed by atoms with Gasteiger partial charge in [0.1, 0.15) is 5.75 Å². The van der Waals surface area contributed by atoms with Crippen LogP contribution in [0, 0.1) is 5.92 Å². The zero-order valence-corrected chi connectivity index (χ0v) is 14.3. The van der Waals surface area contributed by atoms with Crippen molar-refractivity contribution in [2.75, 3.05) is 0 Å². The van der Waals surface area contributed by atoms with Gasteiger partial charge in [0.2, 0.25) is 5.79 Å². The summed E-state index contributed by atoms with van der Waals surface area (Å²) >= 11 is 0. The highest BCUT2D eigenvalue weighted by atomic mass is 16.6. The maximum atomic E-state index is 13.4. The molecule has 6 nitrogen and oxygen atoms in total. The van der Waals surface area contributed by atoms with Gasteiger partial charge >= 0.3 is 6.03 Å². The summed E-state index contributed by atoms with van der Waals surface area (Å²) < 4.78 is 5.77. The number of ketones is 1. The van der Waals surface area contributed by atoms with Crippen molar-refractivity contribution in [3.63, 3.8) is 0 Å². The number of nitrogens with one attached hydrogen (secondary N) is 1. The van der Waals surface area contributed by atoms with Crippen molar-refractivity contribution >= 4 is 23.6 Å². The number of fused-ring (bicyclic) bond motifs is 3. The first-order chi connectivity index (χ1) is 13.0. The third-order valence-electron chi connectivity index (χ3n) is 5.26. The molecule has 6 heteroatoms. The maximum absolute atomic E-state index is 13.4. The number of amides is 2. The lowest BCUT2D eigenvalue weighted by atomic mass is 9.71. The van der Waals surface area contributed by atoms with E-state index in [-0.39, 0.29) is 17.8 Å². The van der Waals surface area contributed by atoms with Gasteiger partial charge in [-0.25, -0.2) is 9.79 Å². The van der Waals surface area contributed by atoms with Crippen LogP contribution in [0.1, 0.15) is 23.6 Å². The van der Waals surface area contributed by atoms with E-state index < -0.39 is 23.8 Å². The van der Waals surface area contributed by atoms with Crippen LogP contribution in [0.5, 0.6) is 5.75 Å². The highest BCUT2D eigenvalue weighted by molar-refractivity contribution is 6.21. The Morgan fingerprint density at radius 1 is 1.07 bits per heavy atom. The van der Waals surface area contributed by atoms with Gasteiger partial charge in [-0.1, -0.05) is 48.5 Å². The van der Waals surface area contributed by atoms with Crippen LogP contribution in [0.4, 0.5) is 4.79 Å². The van der Waals surface area contributed by atoms with E-state index in [1.165, 1.54) is 0 Å². The molecule has 2 N–H and O–H groups in total. The number of aliphatic hydroxyl groups is 1. The molecule has 0 aromatic heterocycles. The smallest absolute Gasteiger partial charge is 0.341 e. The quantitative estimate of drug-likeness (QED) is 0.818. The van der Waals surface area contributed by atoms with E-state index in [1.54, 1.807) is 18.2 Å². The van der Waals surface area contributed by atoms with E-state index in [9.17, 15) is 14.7 Å². The molecule has 1 saturated carbocycles. The number of rotatable bonds is 1. The summed E-state index contributed by atoms with van der Waals surface area (Å²) in [6.45, 7) is 0. The standard InChI is InChI=1S/C21H16N2O4/c24-19-14-10-13-8-4-5-9-16(13)27-21(14,26)11-15-17(19)18(23-20(25)22-15)12-6-2-1-3-7-12/h1-10,17-18,26H,11H2,(H,23,25). The number of ether oxygens (including phenoxy) is 1. The lowest BCUT2D eigenvalue weighted by molar-refractivity contribution is -0.136. The maximum Gasteiger partial charge on any atom is 0.341 e. The third kappa shape index (κ3) is 2.41. The molecule has 2 aromatic carbocycles. The molecule has 0 saturated heterocycles. The van der Waals surface area contributed by atoms with Crippen molar-refractivity contribution < 1.29 is 19.4 Å². The van der Waals surface area contributed by atoms with Gasteiger partial charge in [0.05, 0.1) is 24.0 Å². The second-order valence-corrected chi connectivity index (χ2v) is 6.94. The van der Waals surface area contributed by atoms with Crippen molar-refractivity contribution in [2.24, 2.45) is 10.9 Å². The Bertz CT molecular complexity index is 1030. The first-order valence-corrected chi connectivity index (χ1v) is 8.75. The number of Topliss-reactive ketones (excluding diaryl/α,β-unsaturated/α-hetero) is 1. The molecule has 2 aliphatic heterocycles. The van der Waals surface area contributed by atoms with Gasteiger partial charge in [0.15, 0.2) is 5.78 Å². The van der Waals surface area contributed by atoms with Crippen molar-refractivity contribution in [1.29, 1.82) is 0 Å². The number of nitrogens with zero attached hydrogens (tertiary/aromatic N) is 1. The van der Waals surface area contributed by atoms with Crippen LogP contribution >= 0.6 is 0 Å². The molecule has 27 heavy (non-hydrogen) atoms. The first kappa shape index (κ1) is 16.0. The molecule has 0 spiro atoms. The molecule has 2 heterocycles. The number of carbonyl (C=O) groups excluding carboxylic acids is 2. The Morgan fingerprint density at radius 2 is 1.81 bits per heavy atom. The predicted molar refractivity (Wildman–Crippen MR) is 98.3 cm³/mol. The fraction of sp³-hybridized carbons (Fsp3) is 0.190. The minimum Gasteiger partial charge on any atom is -0.457 e. The second kappa shape index (κ2) is 5.62. The SMILES string of the molecule is O=C1N=C2CC3(O)Oc4ccccc4C=C3C(=O)C2C(c2ccccc2)N1. The van der Waals surface area contributed by atoms with Crippen LogP contribution in [0.15, 0.2) is 65.2 Å². The molecule has 3 atom stereocenters. The van der Waals surface area contributed by atoms with Crippen molar-refractivity contribution in [3.05, 3.63) is 71.3 Å². The zero-order chi connectivity index (χ0) is 18.6. The van der Waals surface area contributed by atoms with Gasteiger partial charge in [-0.2, -0.15) is 0 Å². The molecule has 0 bridgehead atoms. The van der Waals surface area contributed by atoms with E-state index >= 15 is 0 Å². The van der Waals surface area contributed by atoms with Crippen molar-refractivity contribution in [3.8, 4) is 5.75 Å². The van der Waals surface area contributed by atoms with Crippen LogP contribution in [0.3, 0.4) is 0 Å². The minimum absolute atomic E-state index is 0.0275. The monoisotopic (exact) mass is 360 g/mol. The van der Waals surface area contributed by atoms with Gasteiger partial charge < -0.3 is 15.2 Å². The normalized spacial score (nSPS) is 28.6. The number of para-hydroxylation sites is 1. The van der Waals surface area contributed by atoms with Crippen molar-refractivity contribution in [2.45, 2.75) is 18.2 Å². The van der Waals surface area contributed by atoms with Crippen LogP contribution in [-0.2, 0) is 4.79 Å². The highest BCUT2D eigenvalue weighted by Gasteiger charge is 2.54. The molecule has 1 aliphatic carbocycles. The second-order valence-electron chi connectivity index (χ2n) is 6.94. The van der Waals surface area contributed by atoms with E-state index in [0.29, 0.717) is 11.5 Å². The Kier molecular flexibility index (Phi) is 3.32. The average Bonchev–Trinajstić information content (AvgIpc) is 2.66. The summed E-state index contributed by atoms with van der Waals surface area (Å²) in [6.07, 6.45) is 1.65. The molecular formula is C21H16N2O4. The molecular weight excluding hydrogens is 344 g/mol. The molecule has 5 rings (SSSR count). The summed E-state index contributed by atoms with van der Waals surface area (Å²) in [7, 11) is 0. The Labute approximate surface area is 155 Å². The van der Waals surface area contributed by atoms with Gasteiger partial charge in [0.25, 0.3) is 0 Å². The van der Waals surface area contributed by atoms with Gasteiger partial charge in [0, 0.05) is 11.3 Å². The lowest BCUT2D eigenvalue weighted by Crippen LogP contribution is -2.57. The first-order valence-electron chi connectivity index (χ1n) is 8.75. The third-order valence-corrected chi connectivity index (χ3v) is 5.26. The Balaban J connectivity index is 1.64. The largest absolute Gasteiger partial charge is 0.457 e. The fourth-order valence-corrected chi connectivity index (χ4v) is 4.04. The van der Waals surface area contributed by atoms with E-state index in [0.717, 1.165) is 11.1 Å². The summed E-state index contributed by atoms with van der Waals surface area (Å²) in [4.78, 5) is 29.5. The lowest BCUT2D eigenvalue weighted by Gasteiger charge is -2.43. The van der Waals surface area contributed by atoms with Crippen LogP contribution in [-0.4, -0.2) is 28.4 Å². The molecule has 0 radical (unpaired) electrons. The Morgan fingerprint density at radius 3 is 2.63 bits per heavy atom. The molecule has 1 fully saturated rings. The van der Waals surface area contributed by atoms with E-state index in [4.69, 9.17) is 4.74 Å². The average molecular weight is 360 g/mol. The zero-order valence-electron chi connectivity index (χ0n) is 14.3. The topological polar surface area (TPSA) is 88.0 Å². The summed E-state index contributed by atoms with van der Waals surface area (Å²) in [5.74, 6) is -2.26. The number of carbonyl (C=O) groups is 2. The fourth-order valence-electron chi connectivity index (χ4n) is 4.04. The Hall–Kier alpha value is -3.25. The molecule has 2 aromatic rings. The number of hydrogen-bond donors (Lipinski definition) is 2. The molecule has 134 valence electrons. The number of aliphatic imine (C=N–C) groups is 1. The van der Waals surface area contributed by atoms with Gasteiger partial charge in [-0.15, -0.1) is 0 Å². The number of urea groups is 1. The molecule has 3 aliphatic rings. The van der Waals surface area contributed by atoms with Crippen LogP contribution in [0.25, 0.3) is 6.08 Å². The highest BCUT2D eigenvalue weighted by Crippen LogP contribution is 2.45. The predicted octanol–water partition coefficient (Wildman–Crippen LogP) is 2.65. The van der Waals surface area contributed by atoms with Crippen molar-refractivity contribution in [1.82, 2.24) is 5.32 Å². The van der Waals surface area contributed by atoms with Crippen LogP contribution < -0.4 is 10.1 Å². The summed E-state index contributed by atoms with van der Waals surface area (Å²) in [5, 5.41) is 13.9. The summed E-state index contributed by atoms with van der Waals surface area (Å²) in [6, 6.07) is 15.5. The van der Waals surface area contributed by atoms with E-state index in [1.807, 2.05) is 42.5 Å². The van der Waals surface area contributed by atoms with Gasteiger partial charge in [-0.05, 0) is 17.7 Å². The summed E-state index contributed by atoms with van der Waals surface area (Å²) in [5.41, 5.74) is 2.10.